The van der Waals surface area contributed by atoms with E-state index in [0.29, 0.717) is 19.0 Å². The number of carbonyl (C=O) groups excluding carboxylic acids is 1. The van der Waals surface area contributed by atoms with Gasteiger partial charge in [-0.05, 0) is 24.3 Å². The number of hydrogen-bond donors (Lipinski definition) is 1. The third-order valence-corrected chi connectivity index (χ3v) is 3.75. The van der Waals surface area contributed by atoms with Crippen LogP contribution in [0.2, 0.25) is 0 Å². The van der Waals surface area contributed by atoms with Crippen LogP contribution in [0.15, 0.2) is 54.6 Å². The molecule has 1 heterocycles. The molecule has 0 aliphatic carbocycles. The number of methoxy groups -OCH3 is 2. The summed E-state index contributed by atoms with van der Waals surface area (Å²) in [6.07, 6.45) is 0. The first-order valence-corrected chi connectivity index (χ1v) is 8.17. The number of hydrogen-bond acceptors (Lipinski definition) is 5. The quantitative estimate of drug-likeness (QED) is 0.660. The molecule has 1 N–H and O–H groups in total. The summed E-state index contributed by atoms with van der Waals surface area (Å²) in [7, 11) is 3.19. The number of carbonyl (C=O) groups is 1. The van der Waals surface area contributed by atoms with E-state index in [2.05, 4.69) is 15.4 Å². The Balaban J connectivity index is 1.99. The van der Waals surface area contributed by atoms with Crippen LogP contribution in [0, 0.1) is 0 Å². The van der Waals surface area contributed by atoms with Crippen molar-refractivity contribution >= 4 is 5.91 Å². The zero-order valence-corrected chi connectivity index (χ0v) is 14.7. The van der Waals surface area contributed by atoms with Gasteiger partial charge in [0.25, 0.3) is 5.91 Å². The van der Waals surface area contributed by atoms with E-state index in [0.717, 1.165) is 17.0 Å². The molecule has 1 aromatic heterocycles. The molecule has 0 bridgehead atoms. The Hall–Kier alpha value is -3.19. The standard InChI is InChI=1S/C19H20N4O3/c1-25-13-12-20-19(24)17-21-18(14-6-4-3-5-7-14)23(22-17)15-8-10-16(26-2)11-9-15/h3-11H,12-13H2,1-2H3,(H,20,24). The number of benzene rings is 2. The molecule has 0 spiro atoms. The average molecular weight is 352 g/mol. The van der Waals surface area contributed by atoms with Crippen LogP contribution in [-0.2, 0) is 4.74 Å². The highest BCUT2D eigenvalue weighted by Gasteiger charge is 2.18. The molecular formula is C19H20N4O3. The molecule has 7 heteroatoms. The van der Waals surface area contributed by atoms with Gasteiger partial charge in [0.1, 0.15) is 5.75 Å². The van der Waals surface area contributed by atoms with Gasteiger partial charge < -0.3 is 14.8 Å². The summed E-state index contributed by atoms with van der Waals surface area (Å²) in [5, 5.41) is 7.14. The van der Waals surface area contributed by atoms with Crippen LogP contribution in [0.5, 0.6) is 5.75 Å². The Morgan fingerprint density at radius 2 is 1.81 bits per heavy atom. The van der Waals surface area contributed by atoms with E-state index in [-0.39, 0.29) is 11.7 Å². The topological polar surface area (TPSA) is 78.3 Å². The second-order valence-electron chi connectivity index (χ2n) is 5.48. The zero-order valence-electron chi connectivity index (χ0n) is 14.7. The minimum absolute atomic E-state index is 0.107. The van der Waals surface area contributed by atoms with Crippen molar-refractivity contribution < 1.29 is 14.3 Å². The van der Waals surface area contributed by atoms with Crippen molar-refractivity contribution in [2.45, 2.75) is 0 Å². The number of rotatable bonds is 7. The molecule has 0 unspecified atom stereocenters. The lowest BCUT2D eigenvalue weighted by molar-refractivity contribution is 0.0927. The first-order valence-electron chi connectivity index (χ1n) is 8.17. The molecule has 134 valence electrons. The summed E-state index contributed by atoms with van der Waals surface area (Å²) in [6.45, 7) is 0.823. The van der Waals surface area contributed by atoms with Crippen molar-refractivity contribution in [3.8, 4) is 22.8 Å². The maximum atomic E-state index is 12.3. The predicted molar refractivity (Wildman–Crippen MR) is 97.6 cm³/mol. The van der Waals surface area contributed by atoms with Crippen molar-refractivity contribution in [3.63, 3.8) is 0 Å². The fourth-order valence-corrected chi connectivity index (χ4v) is 2.43. The van der Waals surface area contributed by atoms with Crippen LogP contribution in [0.4, 0.5) is 0 Å². The lowest BCUT2D eigenvalue weighted by Crippen LogP contribution is -2.28. The van der Waals surface area contributed by atoms with E-state index in [4.69, 9.17) is 9.47 Å². The highest BCUT2D eigenvalue weighted by molar-refractivity contribution is 5.91. The summed E-state index contributed by atoms with van der Waals surface area (Å²) in [5.41, 5.74) is 1.65. The van der Waals surface area contributed by atoms with Gasteiger partial charge in [-0.1, -0.05) is 30.3 Å². The molecule has 3 rings (SSSR count). The molecule has 0 atom stereocenters. The van der Waals surface area contributed by atoms with Gasteiger partial charge in [0.05, 0.1) is 19.4 Å². The van der Waals surface area contributed by atoms with Crippen molar-refractivity contribution in [2.75, 3.05) is 27.4 Å². The molecule has 0 aliphatic rings. The molecule has 0 fully saturated rings. The van der Waals surface area contributed by atoms with Crippen molar-refractivity contribution in [2.24, 2.45) is 0 Å². The molecule has 0 aliphatic heterocycles. The first-order chi connectivity index (χ1) is 12.7. The van der Waals surface area contributed by atoms with E-state index >= 15 is 0 Å². The number of nitrogens with one attached hydrogen (secondary N) is 1. The average Bonchev–Trinajstić information content (AvgIpc) is 3.14. The molecule has 0 saturated carbocycles. The van der Waals surface area contributed by atoms with E-state index in [9.17, 15) is 4.79 Å². The van der Waals surface area contributed by atoms with Crippen molar-refractivity contribution in [1.29, 1.82) is 0 Å². The minimum Gasteiger partial charge on any atom is -0.497 e. The second kappa shape index (κ2) is 8.26. The Bertz CT molecular complexity index is 860. The minimum atomic E-state index is -0.341. The van der Waals surface area contributed by atoms with Gasteiger partial charge >= 0.3 is 0 Å². The lowest BCUT2D eigenvalue weighted by atomic mass is 10.2. The number of nitrogens with zero attached hydrogens (tertiary/aromatic N) is 3. The molecule has 26 heavy (non-hydrogen) atoms. The van der Waals surface area contributed by atoms with Crippen LogP contribution in [0.25, 0.3) is 17.1 Å². The zero-order chi connectivity index (χ0) is 18.4. The molecule has 7 nitrogen and oxygen atoms in total. The van der Waals surface area contributed by atoms with E-state index in [1.165, 1.54) is 0 Å². The molecule has 3 aromatic rings. The Morgan fingerprint density at radius 1 is 1.08 bits per heavy atom. The fourth-order valence-electron chi connectivity index (χ4n) is 2.43. The van der Waals surface area contributed by atoms with E-state index in [1.54, 1.807) is 18.9 Å². The predicted octanol–water partition coefficient (Wildman–Crippen LogP) is 2.32. The van der Waals surface area contributed by atoms with Crippen LogP contribution in [0.1, 0.15) is 10.6 Å². The molecule has 1 amide bonds. The van der Waals surface area contributed by atoms with Crippen molar-refractivity contribution in [1.82, 2.24) is 20.1 Å². The Labute approximate surface area is 151 Å². The summed E-state index contributed by atoms with van der Waals surface area (Å²) in [6, 6.07) is 17.0. The highest BCUT2D eigenvalue weighted by Crippen LogP contribution is 2.22. The highest BCUT2D eigenvalue weighted by atomic mass is 16.5. The summed E-state index contributed by atoms with van der Waals surface area (Å²) in [5.74, 6) is 1.10. The monoisotopic (exact) mass is 352 g/mol. The second-order valence-corrected chi connectivity index (χ2v) is 5.48. The Morgan fingerprint density at radius 3 is 2.46 bits per heavy atom. The smallest absolute Gasteiger partial charge is 0.291 e. The summed E-state index contributed by atoms with van der Waals surface area (Å²) >= 11 is 0. The number of ether oxygens (including phenoxy) is 2. The van der Waals surface area contributed by atoms with Gasteiger partial charge in [0.2, 0.25) is 5.82 Å². The summed E-state index contributed by atoms with van der Waals surface area (Å²) < 4.78 is 11.8. The van der Waals surface area contributed by atoms with E-state index < -0.39 is 0 Å². The van der Waals surface area contributed by atoms with Crippen LogP contribution in [0.3, 0.4) is 0 Å². The van der Waals surface area contributed by atoms with Crippen LogP contribution in [-0.4, -0.2) is 48.0 Å². The van der Waals surface area contributed by atoms with Gasteiger partial charge in [-0.2, -0.15) is 0 Å². The molecular weight excluding hydrogens is 332 g/mol. The van der Waals surface area contributed by atoms with Gasteiger partial charge in [0, 0.05) is 19.2 Å². The SMILES string of the molecule is COCCNC(=O)c1nc(-c2ccccc2)n(-c2ccc(OC)cc2)n1. The summed E-state index contributed by atoms with van der Waals surface area (Å²) in [4.78, 5) is 16.8. The maximum Gasteiger partial charge on any atom is 0.291 e. The van der Waals surface area contributed by atoms with Gasteiger partial charge in [-0.3, -0.25) is 4.79 Å². The lowest BCUT2D eigenvalue weighted by Gasteiger charge is -2.07. The van der Waals surface area contributed by atoms with E-state index in [1.807, 2.05) is 54.6 Å². The Kier molecular flexibility index (Phi) is 5.60. The van der Waals surface area contributed by atoms with Crippen LogP contribution < -0.4 is 10.1 Å². The molecule has 0 saturated heterocycles. The number of aromatic nitrogens is 3. The third-order valence-electron chi connectivity index (χ3n) is 3.75. The van der Waals surface area contributed by atoms with Crippen molar-refractivity contribution in [3.05, 3.63) is 60.4 Å². The first kappa shape index (κ1) is 17.6. The molecule has 2 aromatic carbocycles. The largest absolute Gasteiger partial charge is 0.497 e. The van der Waals surface area contributed by atoms with Gasteiger partial charge in [-0.25, -0.2) is 9.67 Å². The fraction of sp³-hybridized carbons (Fsp3) is 0.211. The molecule has 0 radical (unpaired) electrons. The normalized spacial score (nSPS) is 10.5. The van der Waals surface area contributed by atoms with Gasteiger partial charge in [-0.15, -0.1) is 5.10 Å². The van der Waals surface area contributed by atoms with Gasteiger partial charge in [0.15, 0.2) is 5.82 Å². The van der Waals surface area contributed by atoms with Crippen LogP contribution >= 0.6 is 0 Å². The third kappa shape index (κ3) is 3.89. The maximum absolute atomic E-state index is 12.3. The number of amides is 1.